The maximum Gasteiger partial charge on any atom is 0.116 e. The molecule has 0 aromatic heterocycles. The van der Waals surface area contributed by atoms with E-state index in [1.807, 2.05) is 6.07 Å². The van der Waals surface area contributed by atoms with Crippen LogP contribution >= 0.6 is 7.26 Å². The van der Waals surface area contributed by atoms with E-state index in [0.717, 1.165) is 6.16 Å². The zero-order valence-electron chi connectivity index (χ0n) is 19.5. The van der Waals surface area contributed by atoms with Crippen molar-refractivity contribution in [3.05, 3.63) is 162 Å². The van der Waals surface area contributed by atoms with Crippen molar-refractivity contribution in [3.8, 4) is 0 Å². The van der Waals surface area contributed by atoms with Gasteiger partial charge in [-0.1, -0.05) is 121 Å². The van der Waals surface area contributed by atoms with E-state index in [1.165, 1.54) is 32.6 Å². The average molecular weight is 535 g/mol. The summed E-state index contributed by atoms with van der Waals surface area (Å²) < 4.78 is 0. The maximum absolute atomic E-state index is 2.31. The number of benzene rings is 5. The summed E-state index contributed by atoms with van der Waals surface area (Å²) in [6.07, 6.45) is 5.35. The van der Waals surface area contributed by atoms with Gasteiger partial charge >= 0.3 is 0 Å². The van der Waals surface area contributed by atoms with E-state index in [0.29, 0.717) is 0 Å². The molecular formula is C33H28BrP. The largest absolute Gasteiger partial charge is 1.00 e. The third-order valence-corrected chi connectivity index (χ3v) is 10.6. The lowest BCUT2D eigenvalue weighted by Crippen LogP contribution is -3.00. The standard InChI is InChI=1S/C33H28P.BrH/c1-5-13-28(14-6-1)21-22-29-23-25-30(26-24-29)27-34(31-15-7-2-8-16-31,32-17-9-3-10-18-32)33-19-11-4-12-20-33;/h1-26H,27H2;1H/q+1;/p-1. The Balaban J connectivity index is 0.00000289. The van der Waals surface area contributed by atoms with Gasteiger partial charge in [0.25, 0.3) is 0 Å². The molecule has 5 aromatic carbocycles. The average Bonchev–Trinajstić information content (AvgIpc) is 2.93. The van der Waals surface area contributed by atoms with E-state index in [2.05, 4.69) is 152 Å². The lowest BCUT2D eigenvalue weighted by Gasteiger charge is -2.28. The first kappa shape index (κ1) is 24.9. The van der Waals surface area contributed by atoms with Gasteiger partial charge in [-0.3, -0.25) is 0 Å². The smallest absolute Gasteiger partial charge is 0.116 e. The molecule has 172 valence electrons. The highest BCUT2D eigenvalue weighted by atomic mass is 79.9. The van der Waals surface area contributed by atoms with Crippen molar-refractivity contribution < 1.29 is 17.0 Å². The monoisotopic (exact) mass is 534 g/mol. The van der Waals surface area contributed by atoms with Crippen LogP contribution in [0.3, 0.4) is 0 Å². The molecule has 0 spiro atoms. The molecule has 5 rings (SSSR count). The molecule has 0 unspecified atom stereocenters. The van der Waals surface area contributed by atoms with Crippen molar-refractivity contribution in [1.29, 1.82) is 0 Å². The lowest BCUT2D eigenvalue weighted by atomic mass is 10.1. The van der Waals surface area contributed by atoms with Crippen molar-refractivity contribution in [2.24, 2.45) is 0 Å². The van der Waals surface area contributed by atoms with Crippen molar-refractivity contribution in [2.75, 3.05) is 0 Å². The first-order chi connectivity index (χ1) is 16.8. The molecule has 0 fully saturated rings. The van der Waals surface area contributed by atoms with Crippen LogP contribution in [0.4, 0.5) is 0 Å². The molecule has 0 aliphatic rings. The zero-order valence-corrected chi connectivity index (χ0v) is 22.0. The predicted octanol–water partition coefficient (Wildman–Crippen LogP) is 4.36. The molecule has 0 atom stereocenters. The second-order valence-electron chi connectivity index (χ2n) is 8.46. The van der Waals surface area contributed by atoms with Crippen LogP contribution in [-0.2, 0) is 6.16 Å². The summed E-state index contributed by atoms with van der Waals surface area (Å²) in [5, 5.41) is 4.25. The Morgan fingerprint density at radius 3 is 1.14 bits per heavy atom. The lowest BCUT2D eigenvalue weighted by molar-refractivity contribution is -0.00000648. The minimum Gasteiger partial charge on any atom is -1.00 e. The third kappa shape index (κ3) is 5.70. The number of hydrogen-bond donors (Lipinski definition) is 0. The molecule has 0 heterocycles. The van der Waals surface area contributed by atoms with E-state index in [4.69, 9.17) is 0 Å². The van der Waals surface area contributed by atoms with Gasteiger partial charge in [0.15, 0.2) is 0 Å². The van der Waals surface area contributed by atoms with Crippen LogP contribution in [0.25, 0.3) is 12.2 Å². The first-order valence-corrected chi connectivity index (χ1v) is 13.7. The summed E-state index contributed by atoms with van der Waals surface area (Å²) in [4.78, 5) is 0. The van der Waals surface area contributed by atoms with Gasteiger partial charge in [-0.25, -0.2) is 0 Å². The summed E-state index contributed by atoms with van der Waals surface area (Å²) in [6.45, 7) is 0. The van der Waals surface area contributed by atoms with Gasteiger partial charge in [-0.15, -0.1) is 0 Å². The summed E-state index contributed by atoms with van der Waals surface area (Å²) in [5.74, 6) is 0. The first-order valence-electron chi connectivity index (χ1n) is 11.7. The molecule has 0 amide bonds. The Labute approximate surface area is 220 Å². The van der Waals surface area contributed by atoms with Gasteiger partial charge in [0, 0.05) is 0 Å². The van der Waals surface area contributed by atoms with E-state index < -0.39 is 7.26 Å². The van der Waals surface area contributed by atoms with Crippen molar-refractivity contribution in [1.82, 2.24) is 0 Å². The molecule has 0 aliphatic heterocycles. The van der Waals surface area contributed by atoms with Crippen LogP contribution in [0.15, 0.2) is 146 Å². The minimum atomic E-state index is -1.87. The van der Waals surface area contributed by atoms with Crippen LogP contribution < -0.4 is 32.9 Å². The fraction of sp³-hybridized carbons (Fsp3) is 0.0303. The maximum atomic E-state index is 2.31. The molecule has 0 radical (unpaired) electrons. The van der Waals surface area contributed by atoms with Crippen molar-refractivity contribution >= 4 is 35.3 Å². The van der Waals surface area contributed by atoms with Crippen LogP contribution in [-0.4, -0.2) is 0 Å². The molecular weight excluding hydrogens is 507 g/mol. The Morgan fingerprint density at radius 2 is 0.743 bits per heavy atom. The second kappa shape index (κ2) is 11.9. The minimum absolute atomic E-state index is 0. The molecule has 0 saturated heterocycles. The zero-order chi connectivity index (χ0) is 23.1. The molecule has 0 bridgehead atoms. The van der Waals surface area contributed by atoms with Crippen LogP contribution in [0.1, 0.15) is 16.7 Å². The Kier molecular flexibility index (Phi) is 8.48. The van der Waals surface area contributed by atoms with Gasteiger partial charge in [0.2, 0.25) is 0 Å². The SMILES string of the molecule is C(=Cc1ccc(C[P+](c2ccccc2)(c2ccccc2)c2ccccc2)cc1)c1ccccc1.[Br-]. The third-order valence-electron chi connectivity index (χ3n) is 6.26. The Bertz CT molecular complexity index is 1230. The fourth-order valence-corrected chi connectivity index (χ4v) is 8.78. The highest BCUT2D eigenvalue weighted by Crippen LogP contribution is 2.58. The normalized spacial score (nSPS) is 11.2. The number of rotatable bonds is 7. The van der Waals surface area contributed by atoms with E-state index in [-0.39, 0.29) is 17.0 Å². The van der Waals surface area contributed by atoms with Crippen molar-refractivity contribution in [2.45, 2.75) is 6.16 Å². The highest BCUT2D eigenvalue weighted by molar-refractivity contribution is 7.95. The van der Waals surface area contributed by atoms with Gasteiger partial charge in [-0.05, 0) is 53.1 Å². The highest BCUT2D eigenvalue weighted by Gasteiger charge is 2.45. The van der Waals surface area contributed by atoms with Crippen LogP contribution in [0.5, 0.6) is 0 Å². The van der Waals surface area contributed by atoms with Gasteiger partial charge in [0.05, 0.1) is 6.16 Å². The van der Waals surface area contributed by atoms with E-state index in [1.54, 1.807) is 0 Å². The van der Waals surface area contributed by atoms with Crippen molar-refractivity contribution in [3.63, 3.8) is 0 Å². The summed E-state index contributed by atoms with van der Waals surface area (Å²) in [6, 6.07) is 52.8. The second-order valence-corrected chi connectivity index (χ2v) is 11.9. The molecule has 0 saturated carbocycles. The van der Waals surface area contributed by atoms with E-state index >= 15 is 0 Å². The quantitative estimate of drug-likeness (QED) is 0.215. The fourth-order valence-electron chi connectivity index (χ4n) is 4.53. The topological polar surface area (TPSA) is 0 Å². The van der Waals surface area contributed by atoms with Crippen LogP contribution in [0, 0.1) is 0 Å². The van der Waals surface area contributed by atoms with Crippen LogP contribution in [0.2, 0.25) is 0 Å². The van der Waals surface area contributed by atoms with Gasteiger partial charge in [-0.2, -0.15) is 0 Å². The summed E-state index contributed by atoms with van der Waals surface area (Å²) in [7, 11) is -1.87. The van der Waals surface area contributed by atoms with Gasteiger partial charge < -0.3 is 17.0 Å². The van der Waals surface area contributed by atoms with E-state index in [9.17, 15) is 0 Å². The molecule has 0 nitrogen and oxygen atoms in total. The Hall–Kier alpha value is -3.25. The molecule has 0 aliphatic carbocycles. The molecule has 0 N–H and O–H groups in total. The number of hydrogen-bond acceptors (Lipinski definition) is 0. The molecule has 2 heteroatoms. The Morgan fingerprint density at radius 1 is 0.400 bits per heavy atom. The predicted molar refractivity (Wildman–Crippen MR) is 151 cm³/mol. The molecule has 35 heavy (non-hydrogen) atoms. The number of halogens is 1. The summed E-state index contributed by atoms with van der Waals surface area (Å²) in [5.41, 5.74) is 3.80. The van der Waals surface area contributed by atoms with Gasteiger partial charge in [0.1, 0.15) is 23.2 Å². The molecule has 5 aromatic rings. The summed E-state index contributed by atoms with van der Waals surface area (Å²) >= 11 is 0.